The quantitative estimate of drug-likeness (QED) is 0.819. The molecule has 1 aliphatic heterocycles. The summed E-state index contributed by atoms with van der Waals surface area (Å²) in [4.78, 5) is 26.7. The molecule has 0 unspecified atom stereocenters. The number of carbonyl (C=O) groups excluding carboxylic acids is 2. The summed E-state index contributed by atoms with van der Waals surface area (Å²) in [6.45, 7) is 1.34. The van der Waals surface area contributed by atoms with Gasteiger partial charge in [0.05, 0.1) is 6.54 Å². The van der Waals surface area contributed by atoms with Gasteiger partial charge in [0.1, 0.15) is 5.82 Å². The SMILES string of the molecule is CN1CCN(C(=O)CCc2ccc(F)cc2)CC1=O. The first-order valence-electron chi connectivity index (χ1n) is 6.32. The van der Waals surface area contributed by atoms with Crippen LogP contribution in [0.3, 0.4) is 0 Å². The first kappa shape index (κ1) is 13.5. The summed E-state index contributed by atoms with van der Waals surface area (Å²) in [5.74, 6) is -0.327. The lowest BCUT2D eigenvalue weighted by atomic mass is 10.1. The maximum atomic E-state index is 12.7. The van der Waals surface area contributed by atoms with Crippen LogP contribution in [0.15, 0.2) is 24.3 Å². The number of rotatable bonds is 3. The van der Waals surface area contributed by atoms with Crippen LogP contribution < -0.4 is 0 Å². The van der Waals surface area contributed by atoms with Crippen molar-refractivity contribution in [2.24, 2.45) is 0 Å². The molecule has 19 heavy (non-hydrogen) atoms. The number of carbonyl (C=O) groups is 2. The minimum absolute atomic E-state index is 0.0224. The molecule has 5 heteroatoms. The molecule has 1 aromatic rings. The Morgan fingerprint density at radius 2 is 1.95 bits per heavy atom. The predicted molar refractivity (Wildman–Crippen MR) is 68.9 cm³/mol. The summed E-state index contributed by atoms with van der Waals surface area (Å²) in [6.07, 6.45) is 0.919. The summed E-state index contributed by atoms with van der Waals surface area (Å²) < 4.78 is 12.7. The lowest BCUT2D eigenvalue weighted by Crippen LogP contribution is -2.50. The molecule has 0 radical (unpaired) electrons. The molecule has 1 saturated heterocycles. The molecule has 102 valence electrons. The van der Waals surface area contributed by atoms with E-state index in [-0.39, 0.29) is 24.2 Å². The van der Waals surface area contributed by atoms with Crippen LogP contribution in [0.5, 0.6) is 0 Å². The van der Waals surface area contributed by atoms with Crippen LogP contribution in [0.25, 0.3) is 0 Å². The average Bonchev–Trinajstić information content (AvgIpc) is 2.41. The molecule has 0 aliphatic carbocycles. The van der Waals surface area contributed by atoms with Crippen LogP contribution in [0, 0.1) is 5.82 Å². The molecule has 2 rings (SSSR count). The zero-order valence-electron chi connectivity index (χ0n) is 10.9. The van der Waals surface area contributed by atoms with Crippen LogP contribution >= 0.6 is 0 Å². The average molecular weight is 264 g/mol. The van der Waals surface area contributed by atoms with Gasteiger partial charge >= 0.3 is 0 Å². The Morgan fingerprint density at radius 3 is 2.58 bits per heavy atom. The highest BCUT2D eigenvalue weighted by molar-refractivity contribution is 5.85. The second-order valence-electron chi connectivity index (χ2n) is 4.76. The molecule has 1 aliphatic rings. The van der Waals surface area contributed by atoms with Gasteiger partial charge in [-0.2, -0.15) is 0 Å². The Bertz CT molecular complexity index is 473. The fraction of sp³-hybridized carbons (Fsp3) is 0.429. The van der Waals surface area contributed by atoms with Crippen molar-refractivity contribution in [1.29, 1.82) is 0 Å². The van der Waals surface area contributed by atoms with E-state index in [0.717, 1.165) is 5.56 Å². The zero-order valence-corrected chi connectivity index (χ0v) is 10.9. The van der Waals surface area contributed by atoms with Gasteiger partial charge in [-0.25, -0.2) is 4.39 Å². The first-order chi connectivity index (χ1) is 9.06. The summed E-state index contributed by atoms with van der Waals surface area (Å²) in [6, 6.07) is 6.13. The van der Waals surface area contributed by atoms with Gasteiger partial charge in [0.25, 0.3) is 0 Å². The van der Waals surface area contributed by atoms with Crippen LogP contribution in [0.1, 0.15) is 12.0 Å². The summed E-state index contributed by atoms with van der Waals surface area (Å²) >= 11 is 0. The first-order valence-corrected chi connectivity index (χ1v) is 6.32. The van der Waals surface area contributed by atoms with Gasteiger partial charge in [-0.15, -0.1) is 0 Å². The number of aryl methyl sites for hydroxylation is 1. The Kier molecular flexibility index (Phi) is 4.14. The molecule has 0 bridgehead atoms. The number of halogens is 1. The molecule has 4 nitrogen and oxygen atoms in total. The fourth-order valence-corrected chi connectivity index (χ4v) is 2.03. The van der Waals surface area contributed by atoms with Gasteiger partial charge in [0, 0.05) is 26.6 Å². The molecule has 1 fully saturated rings. The summed E-state index contributed by atoms with van der Waals surface area (Å²) in [5.41, 5.74) is 0.926. The monoisotopic (exact) mass is 264 g/mol. The van der Waals surface area contributed by atoms with Gasteiger partial charge in [-0.3, -0.25) is 9.59 Å². The van der Waals surface area contributed by atoms with E-state index in [1.807, 2.05) is 0 Å². The smallest absolute Gasteiger partial charge is 0.241 e. The van der Waals surface area contributed by atoms with E-state index in [1.54, 1.807) is 29.0 Å². The van der Waals surface area contributed by atoms with Crippen molar-refractivity contribution in [3.8, 4) is 0 Å². The second-order valence-corrected chi connectivity index (χ2v) is 4.76. The van der Waals surface area contributed by atoms with Crippen molar-refractivity contribution in [3.63, 3.8) is 0 Å². The minimum atomic E-state index is -0.278. The van der Waals surface area contributed by atoms with E-state index >= 15 is 0 Å². The Hall–Kier alpha value is -1.91. The lowest BCUT2D eigenvalue weighted by molar-refractivity contribution is -0.144. The van der Waals surface area contributed by atoms with E-state index in [4.69, 9.17) is 0 Å². The molecule has 0 atom stereocenters. The highest BCUT2D eigenvalue weighted by Gasteiger charge is 2.24. The van der Waals surface area contributed by atoms with Crippen molar-refractivity contribution in [2.45, 2.75) is 12.8 Å². The summed E-state index contributed by atoms with van der Waals surface area (Å²) in [7, 11) is 1.74. The third-order valence-electron chi connectivity index (χ3n) is 3.35. The van der Waals surface area contributed by atoms with Crippen molar-refractivity contribution in [1.82, 2.24) is 9.80 Å². The maximum absolute atomic E-state index is 12.7. The number of nitrogens with zero attached hydrogens (tertiary/aromatic N) is 2. The number of hydrogen-bond acceptors (Lipinski definition) is 2. The number of piperazine rings is 1. The molecule has 1 aromatic carbocycles. The Morgan fingerprint density at radius 1 is 1.26 bits per heavy atom. The fourth-order valence-electron chi connectivity index (χ4n) is 2.03. The topological polar surface area (TPSA) is 40.6 Å². The number of likely N-dealkylation sites (N-methyl/N-ethyl adjacent to an activating group) is 1. The third-order valence-corrected chi connectivity index (χ3v) is 3.35. The third kappa shape index (κ3) is 3.53. The number of hydrogen-bond donors (Lipinski definition) is 0. The largest absolute Gasteiger partial charge is 0.342 e. The highest BCUT2D eigenvalue weighted by Crippen LogP contribution is 2.09. The maximum Gasteiger partial charge on any atom is 0.241 e. The Balaban J connectivity index is 1.84. The molecule has 0 spiro atoms. The van der Waals surface area contributed by atoms with Gasteiger partial charge in [-0.05, 0) is 24.1 Å². The van der Waals surface area contributed by atoms with Gasteiger partial charge in [0.2, 0.25) is 11.8 Å². The highest BCUT2D eigenvalue weighted by atomic mass is 19.1. The molecule has 2 amide bonds. The van der Waals surface area contributed by atoms with E-state index in [2.05, 4.69) is 0 Å². The Labute approximate surface area is 111 Å². The van der Waals surface area contributed by atoms with Crippen LogP contribution in [0.4, 0.5) is 4.39 Å². The number of benzene rings is 1. The lowest BCUT2D eigenvalue weighted by Gasteiger charge is -2.32. The summed E-state index contributed by atoms with van der Waals surface area (Å²) in [5, 5.41) is 0. The van der Waals surface area contributed by atoms with E-state index < -0.39 is 0 Å². The van der Waals surface area contributed by atoms with Gasteiger partial charge in [0.15, 0.2) is 0 Å². The molecule has 0 aromatic heterocycles. The molecule has 1 heterocycles. The van der Waals surface area contributed by atoms with Crippen molar-refractivity contribution < 1.29 is 14.0 Å². The van der Waals surface area contributed by atoms with E-state index in [1.165, 1.54) is 12.1 Å². The number of amides is 2. The normalized spacial score (nSPS) is 15.8. The van der Waals surface area contributed by atoms with Gasteiger partial charge < -0.3 is 9.80 Å². The standard InChI is InChI=1S/C14H17FN2O2/c1-16-8-9-17(10-14(16)19)13(18)7-4-11-2-5-12(15)6-3-11/h2-3,5-6H,4,7-10H2,1H3. The van der Waals surface area contributed by atoms with Crippen molar-refractivity contribution in [3.05, 3.63) is 35.6 Å². The molecular weight excluding hydrogens is 247 g/mol. The molecule has 0 N–H and O–H groups in total. The zero-order chi connectivity index (χ0) is 13.8. The second kappa shape index (κ2) is 5.82. The van der Waals surface area contributed by atoms with E-state index in [9.17, 15) is 14.0 Å². The minimum Gasteiger partial charge on any atom is -0.342 e. The van der Waals surface area contributed by atoms with Crippen LogP contribution in [0.2, 0.25) is 0 Å². The van der Waals surface area contributed by atoms with Crippen LogP contribution in [-0.2, 0) is 16.0 Å². The molecule has 0 saturated carbocycles. The van der Waals surface area contributed by atoms with E-state index in [0.29, 0.717) is 25.9 Å². The van der Waals surface area contributed by atoms with Crippen molar-refractivity contribution in [2.75, 3.05) is 26.7 Å². The van der Waals surface area contributed by atoms with Crippen molar-refractivity contribution >= 4 is 11.8 Å². The predicted octanol–water partition coefficient (Wildman–Crippen LogP) is 1.06. The van der Waals surface area contributed by atoms with Gasteiger partial charge in [-0.1, -0.05) is 12.1 Å². The molecular formula is C14H17FN2O2. The van der Waals surface area contributed by atoms with Crippen LogP contribution in [-0.4, -0.2) is 48.3 Å².